The van der Waals surface area contributed by atoms with Crippen LogP contribution in [0.5, 0.6) is 0 Å². The molecule has 0 aliphatic rings. The van der Waals surface area contributed by atoms with Gasteiger partial charge in [0.1, 0.15) is 0 Å². The number of halogens is 1. The third-order valence-corrected chi connectivity index (χ3v) is 5.21. The first-order valence-electron chi connectivity index (χ1n) is 4.39. The molecule has 8 heteroatoms. The van der Waals surface area contributed by atoms with Crippen molar-refractivity contribution in [3.05, 3.63) is 15.5 Å². The molecule has 0 amide bonds. The maximum Gasteiger partial charge on any atom is 0.208 e. The highest BCUT2D eigenvalue weighted by molar-refractivity contribution is 8.00. The van der Waals surface area contributed by atoms with Gasteiger partial charge in [0.2, 0.25) is 5.13 Å². The SMILES string of the molecule is CN(C)c1nnc(SCc2cnc(Cl)s2)s1. The van der Waals surface area contributed by atoms with E-state index < -0.39 is 0 Å². The lowest BCUT2D eigenvalue weighted by molar-refractivity contribution is 0.972. The largest absolute Gasteiger partial charge is 0.353 e. The molecule has 2 rings (SSSR count). The number of thioether (sulfide) groups is 1. The molecule has 2 heterocycles. The van der Waals surface area contributed by atoms with Crippen LogP contribution in [0.15, 0.2) is 10.5 Å². The molecule has 16 heavy (non-hydrogen) atoms. The third-order valence-electron chi connectivity index (χ3n) is 1.64. The Morgan fingerprint density at radius 2 is 2.19 bits per heavy atom. The lowest BCUT2D eigenvalue weighted by atomic mass is 10.6. The molecule has 0 aromatic carbocycles. The molecule has 0 fully saturated rings. The molecule has 0 unspecified atom stereocenters. The summed E-state index contributed by atoms with van der Waals surface area (Å²) in [6.45, 7) is 0. The predicted molar refractivity (Wildman–Crippen MR) is 70.9 cm³/mol. The Labute approximate surface area is 111 Å². The maximum atomic E-state index is 5.75. The summed E-state index contributed by atoms with van der Waals surface area (Å²) >= 11 is 10.5. The number of rotatable bonds is 4. The van der Waals surface area contributed by atoms with Crippen LogP contribution in [0, 0.1) is 0 Å². The van der Waals surface area contributed by atoms with E-state index in [4.69, 9.17) is 11.6 Å². The van der Waals surface area contributed by atoms with Crippen LogP contribution in [0.25, 0.3) is 0 Å². The van der Waals surface area contributed by atoms with Crippen molar-refractivity contribution in [2.24, 2.45) is 0 Å². The van der Waals surface area contributed by atoms with Crippen molar-refractivity contribution in [3.8, 4) is 0 Å². The van der Waals surface area contributed by atoms with E-state index in [1.807, 2.05) is 19.0 Å². The zero-order chi connectivity index (χ0) is 11.5. The molecule has 0 aliphatic heterocycles. The quantitative estimate of drug-likeness (QED) is 0.810. The van der Waals surface area contributed by atoms with Gasteiger partial charge in [-0.05, 0) is 0 Å². The van der Waals surface area contributed by atoms with E-state index in [1.54, 1.807) is 29.3 Å². The smallest absolute Gasteiger partial charge is 0.208 e. The van der Waals surface area contributed by atoms with Gasteiger partial charge in [0, 0.05) is 30.9 Å². The summed E-state index contributed by atoms with van der Waals surface area (Å²) in [5.41, 5.74) is 0. The second kappa shape index (κ2) is 5.31. The van der Waals surface area contributed by atoms with Gasteiger partial charge in [-0.25, -0.2) is 4.98 Å². The fourth-order valence-electron chi connectivity index (χ4n) is 0.925. The summed E-state index contributed by atoms with van der Waals surface area (Å²) < 4.78 is 1.55. The van der Waals surface area contributed by atoms with E-state index in [2.05, 4.69) is 15.2 Å². The molecule has 0 aliphatic carbocycles. The Hall–Kier alpha value is -0.370. The van der Waals surface area contributed by atoms with Gasteiger partial charge in [0.25, 0.3) is 0 Å². The zero-order valence-corrected chi connectivity index (χ0v) is 11.9. The average Bonchev–Trinajstić information content (AvgIpc) is 2.83. The van der Waals surface area contributed by atoms with Crippen LogP contribution in [0.2, 0.25) is 4.47 Å². The van der Waals surface area contributed by atoms with E-state index in [1.165, 1.54) is 11.3 Å². The summed E-state index contributed by atoms with van der Waals surface area (Å²) in [7, 11) is 3.91. The number of aromatic nitrogens is 3. The molecule has 4 nitrogen and oxygen atoms in total. The maximum absolute atomic E-state index is 5.75. The summed E-state index contributed by atoms with van der Waals surface area (Å²) in [6.07, 6.45) is 1.80. The molecule has 0 bridgehead atoms. The van der Waals surface area contributed by atoms with Crippen molar-refractivity contribution in [2.75, 3.05) is 19.0 Å². The molecule has 0 saturated carbocycles. The summed E-state index contributed by atoms with van der Waals surface area (Å²) in [4.78, 5) is 7.09. The van der Waals surface area contributed by atoms with Crippen molar-refractivity contribution in [2.45, 2.75) is 10.1 Å². The Bertz CT molecular complexity index is 467. The molecule has 2 aromatic rings. The minimum Gasteiger partial charge on any atom is -0.353 e. The van der Waals surface area contributed by atoms with Crippen molar-refractivity contribution in [3.63, 3.8) is 0 Å². The van der Waals surface area contributed by atoms with Crippen LogP contribution in [-0.4, -0.2) is 29.3 Å². The van der Waals surface area contributed by atoms with Crippen LogP contribution in [0.3, 0.4) is 0 Å². The van der Waals surface area contributed by atoms with E-state index >= 15 is 0 Å². The van der Waals surface area contributed by atoms with E-state index in [-0.39, 0.29) is 0 Å². The Kier molecular flexibility index (Phi) is 4.01. The monoisotopic (exact) mass is 292 g/mol. The molecule has 2 aromatic heterocycles. The fraction of sp³-hybridized carbons (Fsp3) is 0.375. The minimum atomic E-state index is 0.585. The molecule has 0 atom stereocenters. The van der Waals surface area contributed by atoms with Gasteiger partial charge in [-0.3, -0.25) is 0 Å². The number of nitrogens with zero attached hydrogens (tertiary/aromatic N) is 4. The molecular formula is C8H9ClN4S3. The van der Waals surface area contributed by atoms with Crippen molar-refractivity contribution < 1.29 is 0 Å². The highest BCUT2D eigenvalue weighted by atomic mass is 35.5. The third kappa shape index (κ3) is 3.07. The van der Waals surface area contributed by atoms with Gasteiger partial charge in [-0.1, -0.05) is 34.7 Å². The Morgan fingerprint density at radius 1 is 1.38 bits per heavy atom. The first-order chi connectivity index (χ1) is 7.65. The highest BCUT2D eigenvalue weighted by Crippen LogP contribution is 2.31. The summed E-state index contributed by atoms with van der Waals surface area (Å²) in [5.74, 6) is 0.840. The normalized spacial score (nSPS) is 10.7. The molecular weight excluding hydrogens is 284 g/mol. The van der Waals surface area contributed by atoms with Gasteiger partial charge >= 0.3 is 0 Å². The van der Waals surface area contributed by atoms with Crippen molar-refractivity contribution in [1.29, 1.82) is 0 Å². The molecule has 0 spiro atoms. The average molecular weight is 293 g/mol. The van der Waals surface area contributed by atoms with E-state index in [0.29, 0.717) is 4.47 Å². The number of hydrogen-bond donors (Lipinski definition) is 0. The second-order valence-electron chi connectivity index (χ2n) is 3.11. The second-order valence-corrected chi connectivity index (χ2v) is 6.99. The number of hydrogen-bond acceptors (Lipinski definition) is 7. The van der Waals surface area contributed by atoms with E-state index in [9.17, 15) is 0 Å². The van der Waals surface area contributed by atoms with Crippen LogP contribution in [0.1, 0.15) is 4.88 Å². The Morgan fingerprint density at radius 3 is 2.75 bits per heavy atom. The number of anilines is 1. The van der Waals surface area contributed by atoms with Crippen LogP contribution < -0.4 is 4.90 Å². The lowest BCUT2D eigenvalue weighted by Crippen LogP contribution is -2.07. The predicted octanol–water partition coefficient (Wildman–Crippen LogP) is 3.01. The minimum absolute atomic E-state index is 0.585. The van der Waals surface area contributed by atoms with Gasteiger partial charge in [-0.15, -0.1) is 21.5 Å². The first kappa shape index (κ1) is 12.1. The van der Waals surface area contributed by atoms with Crippen molar-refractivity contribution in [1.82, 2.24) is 15.2 Å². The molecule has 86 valence electrons. The summed E-state index contributed by atoms with van der Waals surface area (Å²) in [5, 5.41) is 9.09. The number of thiazole rings is 1. The first-order valence-corrected chi connectivity index (χ1v) is 7.38. The summed E-state index contributed by atoms with van der Waals surface area (Å²) in [6, 6.07) is 0. The van der Waals surface area contributed by atoms with Crippen LogP contribution in [-0.2, 0) is 5.75 Å². The topological polar surface area (TPSA) is 41.9 Å². The van der Waals surface area contributed by atoms with E-state index in [0.717, 1.165) is 20.1 Å². The van der Waals surface area contributed by atoms with Gasteiger partial charge in [-0.2, -0.15) is 0 Å². The van der Waals surface area contributed by atoms with Gasteiger partial charge in [0.15, 0.2) is 8.81 Å². The molecule has 0 N–H and O–H groups in total. The highest BCUT2D eigenvalue weighted by Gasteiger charge is 2.07. The van der Waals surface area contributed by atoms with Crippen molar-refractivity contribution >= 4 is 51.2 Å². The molecule has 0 saturated heterocycles. The molecule has 0 radical (unpaired) electrons. The van der Waals surface area contributed by atoms with Gasteiger partial charge in [0.05, 0.1) is 0 Å². The Balaban J connectivity index is 1.94. The fourth-order valence-corrected chi connectivity index (χ4v) is 3.69. The van der Waals surface area contributed by atoms with Crippen LogP contribution >= 0.6 is 46.0 Å². The standard InChI is InChI=1S/C8H9ClN4S3/c1-13(2)7-11-12-8(16-7)14-4-5-3-10-6(9)15-5/h3H,4H2,1-2H3. The van der Waals surface area contributed by atoms with Crippen LogP contribution in [0.4, 0.5) is 5.13 Å². The zero-order valence-electron chi connectivity index (χ0n) is 8.68. The lowest BCUT2D eigenvalue weighted by Gasteiger charge is -2.03. The van der Waals surface area contributed by atoms with Gasteiger partial charge < -0.3 is 4.90 Å².